The lowest BCUT2D eigenvalue weighted by molar-refractivity contribution is -0.120. The van der Waals surface area contributed by atoms with E-state index in [9.17, 15) is 4.79 Å². The third kappa shape index (κ3) is 11.8. The predicted molar refractivity (Wildman–Crippen MR) is 71.7 cm³/mol. The normalized spacial score (nSPS) is 10.9. The first-order valence-corrected chi connectivity index (χ1v) is 6.34. The lowest BCUT2D eigenvalue weighted by Gasteiger charge is -2.16. The van der Waals surface area contributed by atoms with Crippen LogP contribution < -0.4 is 10.6 Å². The Bertz CT molecular complexity index is 203. The van der Waals surface area contributed by atoms with E-state index in [0.717, 1.165) is 32.7 Å². The molecule has 0 radical (unpaired) electrons. The summed E-state index contributed by atoms with van der Waals surface area (Å²) in [5, 5.41) is 5.93. The van der Waals surface area contributed by atoms with E-state index in [-0.39, 0.29) is 5.91 Å². The van der Waals surface area contributed by atoms with Crippen molar-refractivity contribution in [2.24, 2.45) is 0 Å². The van der Waals surface area contributed by atoms with E-state index < -0.39 is 0 Å². The van der Waals surface area contributed by atoms with Gasteiger partial charge >= 0.3 is 0 Å². The number of methoxy groups -OCH3 is 2. The molecule has 0 aliphatic carbocycles. The maximum atomic E-state index is 11.4. The Morgan fingerprint density at radius 3 is 2.50 bits per heavy atom. The summed E-state index contributed by atoms with van der Waals surface area (Å²) in [6, 6.07) is 0. The van der Waals surface area contributed by atoms with Gasteiger partial charge < -0.3 is 25.0 Å². The van der Waals surface area contributed by atoms with Crippen LogP contribution in [0.4, 0.5) is 0 Å². The van der Waals surface area contributed by atoms with Crippen LogP contribution in [0.3, 0.4) is 0 Å². The molecule has 0 aliphatic heterocycles. The maximum absolute atomic E-state index is 11.4. The number of hydrogen-bond donors (Lipinski definition) is 2. The van der Waals surface area contributed by atoms with Crippen LogP contribution >= 0.6 is 0 Å². The number of carbonyl (C=O) groups excluding carboxylic acids is 1. The van der Waals surface area contributed by atoms with E-state index >= 15 is 0 Å². The van der Waals surface area contributed by atoms with Gasteiger partial charge in [0.2, 0.25) is 5.91 Å². The molecule has 0 aromatic heterocycles. The molecule has 6 nitrogen and oxygen atoms in total. The van der Waals surface area contributed by atoms with Crippen LogP contribution in [0.2, 0.25) is 0 Å². The average molecular weight is 261 g/mol. The minimum atomic E-state index is 0.0330. The average Bonchev–Trinajstić information content (AvgIpc) is 2.37. The van der Waals surface area contributed by atoms with Gasteiger partial charge in [-0.05, 0) is 13.5 Å². The van der Waals surface area contributed by atoms with Crippen LogP contribution in [0.5, 0.6) is 0 Å². The molecular weight excluding hydrogens is 234 g/mol. The molecule has 0 saturated carbocycles. The second-order valence-electron chi connectivity index (χ2n) is 4.17. The van der Waals surface area contributed by atoms with Gasteiger partial charge in [-0.15, -0.1) is 0 Å². The predicted octanol–water partition coefficient (Wildman–Crippen LogP) is -0.693. The molecular formula is C12H27N3O3. The molecule has 0 bridgehead atoms. The zero-order chi connectivity index (χ0) is 13.6. The summed E-state index contributed by atoms with van der Waals surface area (Å²) in [7, 11) is 5.38. The van der Waals surface area contributed by atoms with E-state index in [1.807, 2.05) is 7.05 Å². The van der Waals surface area contributed by atoms with Crippen molar-refractivity contribution in [1.29, 1.82) is 0 Å². The minimum absolute atomic E-state index is 0.0330. The topological polar surface area (TPSA) is 62.8 Å². The lowest BCUT2D eigenvalue weighted by Crippen LogP contribution is -2.38. The van der Waals surface area contributed by atoms with Gasteiger partial charge in [0.1, 0.15) is 0 Å². The molecule has 0 spiro atoms. The van der Waals surface area contributed by atoms with Crippen molar-refractivity contribution in [3.05, 3.63) is 0 Å². The molecule has 0 aromatic carbocycles. The Balaban J connectivity index is 3.29. The van der Waals surface area contributed by atoms with E-state index in [1.54, 1.807) is 14.2 Å². The molecule has 0 saturated heterocycles. The number of ether oxygens (including phenoxy) is 2. The summed E-state index contributed by atoms with van der Waals surface area (Å²) in [4.78, 5) is 13.5. The number of amides is 1. The van der Waals surface area contributed by atoms with E-state index in [0.29, 0.717) is 19.7 Å². The highest BCUT2D eigenvalue weighted by Crippen LogP contribution is 1.81. The van der Waals surface area contributed by atoms with E-state index in [4.69, 9.17) is 9.47 Å². The molecule has 2 N–H and O–H groups in total. The summed E-state index contributed by atoms with van der Waals surface area (Å²) < 4.78 is 9.88. The monoisotopic (exact) mass is 261 g/mol. The molecule has 0 unspecified atom stereocenters. The fraction of sp³-hybridized carbons (Fsp3) is 0.917. The summed E-state index contributed by atoms with van der Waals surface area (Å²) in [5.74, 6) is 0.0330. The summed E-state index contributed by atoms with van der Waals surface area (Å²) in [5.41, 5.74) is 0. The van der Waals surface area contributed by atoms with Crippen molar-refractivity contribution in [3.63, 3.8) is 0 Å². The first kappa shape index (κ1) is 17.3. The highest BCUT2D eigenvalue weighted by Gasteiger charge is 2.01. The van der Waals surface area contributed by atoms with Gasteiger partial charge in [-0.2, -0.15) is 0 Å². The zero-order valence-electron chi connectivity index (χ0n) is 11.8. The number of nitrogens with zero attached hydrogens (tertiary/aromatic N) is 1. The largest absolute Gasteiger partial charge is 0.385 e. The molecule has 1 amide bonds. The van der Waals surface area contributed by atoms with Crippen LogP contribution in [0, 0.1) is 0 Å². The van der Waals surface area contributed by atoms with Crippen molar-refractivity contribution in [2.45, 2.75) is 6.42 Å². The van der Waals surface area contributed by atoms with Crippen LogP contribution in [0.1, 0.15) is 6.42 Å². The molecule has 108 valence electrons. The van der Waals surface area contributed by atoms with Gasteiger partial charge in [0.15, 0.2) is 0 Å². The summed E-state index contributed by atoms with van der Waals surface area (Å²) in [6.45, 7) is 5.05. The molecule has 0 heterocycles. The van der Waals surface area contributed by atoms with E-state index in [1.165, 1.54) is 0 Å². The lowest BCUT2D eigenvalue weighted by atomic mass is 10.4. The number of rotatable bonds is 12. The molecule has 0 aromatic rings. The molecule has 18 heavy (non-hydrogen) atoms. The molecule has 0 atom stereocenters. The van der Waals surface area contributed by atoms with Crippen molar-refractivity contribution >= 4 is 5.91 Å². The van der Waals surface area contributed by atoms with E-state index in [2.05, 4.69) is 15.5 Å². The zero-order valence-corrected chi connectivity index (χ0v) is 11.8. The fourth-order valence-electron chi connectivity index (χ4n) is 1.34. The molecule has 6 heteroatoms. The van der Waals surface area contributed by atoms with Gasteiger partial charge in [-0.25, -0.2) is 0 Å². The maximum Gasteiger partial charge on any atom is 0.233 e. The molecule has 0 rings (SSSR count). The minimum Gasteiger partial charge on any atom is -0.385 e. The number of likely N-dealkylation sites (N-methyl/N-ethyl adjacent to an activating group) is 1. The Morgan fingerprint density at radius 2 is 1.83 bits per heavy atom. The standard InChI is InChI=1S/C12H27N3O3/c1-15(8-10-18-3)7-6-13-11-12(16)14-5-4-9-17-2/h13H,4-11H2,1-3H3,(H,14,16). The van der Waals surface area contributed by atoms with Crippen LogP contribution in [0.25, 0.3) is 0 Å². The summed E-state index contributed by atoms with van der Waals surface area (Å²) >= 11 is 0. The van der Waals surface area contributed by atoms with Crippen molar-refractivity contribution in [1.82, 2.24) is 15.5 Å². The second kappa shape index (κ2) is 12.8. The van der Waals surface area contributed by atoms with Crippen molar-refractivity contribution < 1.29 is 14.3 Å². The number of hydrogen-bond acceptors (Lipinski definition) is 5. The fourth-order valence-corrected chi connectivity index (χ4v) is 1.34. The highest BCUT2D eigenvalue weighted by atomic mass is 16.5. The smallest absolute Gasteiger partial charge is 0.233 e. The first-order valence-electron chi connectivity index (χ1n) is 6.34. The quantitative estimate of drug-likeness (QED) is 0.455. The van der Waals surface area contributed by atoms with Gasteiger partial charge in [-0.1, -0.05) is 0 Å². The van der Waals surface area contributed by atoms with Crippen LogP contribution in [0.15, 0.2) is 0 Å². The third-order valence-corrected chi connectivity index (χ3v) is 2.48. The SMILES string of the molecule is COCCCNC(=O)CNCCN(C)CCOC. The number of carbonyl (C=O) groups is 1. The van der Waals surface area contributed by atoms with Crippen molar-refractivity contribution in [2.75, 3.05) is 67.2 Å². The van der Waals surface area contributed by atoms with Gasteiger partial charge in [0, 0.05) is 47.0 Å². The third-order valence-electron chi connectivity index (χ3n) is 2.48. The van der Waals surface area contributed by atoms with Gasteiger partial charge in [0.05, 0.1) is 13.2 Å². The van der Waals surface area contributed by atoms with Gasteiger partial charge in [0.25, 0.3) is 0 Å². The summed E-state index contributed by atoms with van der Waals surface area (Å²) in [6.07, 6.45) is 0.849. The second-order valence-corrected chi connectivity index (χ2v) is 4.17. The van der Waals surface area contributed by atoms with Gasteiger partial charge in [-0.3, -0.25) is 4.79 Å². The highest BCUT2D eigenvalue weighted by molar-refractivity contribution is 5.77. The molecule has 0 fully saturated rings. The van der Waals surface area contributed by atoms with Crippen LogP contribution in [-0.4, -0.2) is 78.0 Å². The Labute approximate surface area is 110 Å². The van der Waals surface area contributed by atoms with Crippen molar-refractivity contribution in [3.8, 4) is 0 Å². The number of nitrogens with one attached hydrogen (secondary N) is 2. The Kier molecular flexibility index (Phi) is 12.3. The van der Waals surface area contributed by atoms with Crippen LogP contribution in [-0.2, 0) is 14.3 Å². The Morgan fingerprint density at radius 1 is 1.11 bits per heavy atom. The molecule has 0 aliphatic rings. The first-order chi connectivity index (χ1) is 8.70. The Hall–Kier alpha value is -0.690.